The number of aliphatic imine (C=N–C) groups is 1. The number of rotatable bonds is 6. The van der Waals surface area contributed by atoms with Crippen molar-refractivity contribution >= 4 is 16.9 Å². The summed E-state index contributed by atoms with van der Waals surface area (Å²) in [5.74, 6) is 7.58. The zero-order valence-corrected chi connectivity index (χ0v) is 16.8. The van der Waals surface area contributed by atoms with Crippen molar-refractivity contribution in [1.29, 1.82) is 0 Å². The number of nitrogens with two attached hydrogens (primary N) is 3. The van der Waals surface area contributed by atoms with E-state index in [2.05, 4.69) is 29.1 Å². The number of para-hydroxylation sites is 2. The van der Waals surface area contributed by atoms with Gasteiger partial charge in [-0.2, -0.15) is 0 Å². The lowest BCUT2D eigenvalue weighted by atomic mass is 9.92. The summed E-state index contributed by atoms with van der Waals surface area (Å²) < 4.78 is 2.24. The number of nitrogens with zero attached hydrogens (tertiary/aromatic N) is 4. The molecule has 1 saturated carbocycles. The third kappa shape index (κ3) is 3.37. The normalized spacial score (nSPS) is 17.8. The molecule has 2 aromatic rings. The van der Waals surface area contributed by atoms with Crippen LogP contribution in [-0.4, -0.2) is 20.4 Å². The summed E-state index contributed by atoms with van der Waals surface area (Å²) in [7, 11) is 0. The zero-order valence-electron chi connectivity index (χ0n) is 16.8. The van der Waals surface area contributed by atoms with Gasteiger partial charge in [-0.05, 0) is 49.7 Å². The molecule has 8 nitrogen and oxygen atoms in total. The summed E-state index contributed by atoms with van der Waals surface area (Å²) >= 11 is 0. The van der Waals surface area contributed by atoms with Gasteiger partial charge in [-0.15, -0.1) is 0 Å². The van der Waals surface area contributed by atoms with Crippen LogP contribution in [-0.2, 0) is 0 Å². The Hall–Kier alpha value is -3.78. The van der Waals surface area contributed by atoms with Crippen molar-refractivity contribution < 1.29 is 0 Å². The van der Waals surface area contributed by atoms with E-state index in [-0.39, 0.29) is 0 Å². The molecule has 0 radical (unpaired) electrons. The van der Waals surface area contributed by atoms with Crippen molar-refractivity contribution in [2.24, 2.45) is 22.3 Å². The van der Waals surface area contributed by atoms with Crippen LogP contribution in [0, 0.1) is 0 Å². The summed E-state index contributed by atoms with van der Waals surface area (Å²) in [5, 5.41) is 4.57. The minimum absolute atomic E-state index is 0.383. The van der Waals surface area contributed by atoms with Gasteiger partial charge >= 0.3 is 0 Å². The highest BCUT2D eigenvalue weighted by Crippen LogP contribution is 2.36. The Morgan fingerprint density at radius 2 is 2.00 bits per heavy atom. The van der Waals surface area contributed by atoms with Crippen molar-refractivity contribution in [1.82, 2.24) is 19.9 Å². The highest BCUT2D eigenvalue weighted by Gasteiger charge is 2.30. The van der Waals surface area contributed by atoms with Gasteiger partial charge in [0.2, 0.25) is 0 Å². The standard InChI is InChI=1S/C22H26N8/c1-14-12-19(15(2)26-16(13-24)10-11-23)28-22(30(14)25)21-27-18-8-3-4-9-20(18)29(21)17-6-5-7-17/h3-4,8-13,17,26H,1-2,5-7,23-25H2/b11-10-,16-13+. The number of hydrazine groups is 1. The topological polar surface area (TPSA) is 124 Å². The predicted molar refractivity (Wildman–Crippen MR) is 120 cm³/mol. The number of aromatic nitrogens is 2. The van der Waals surface area contributed by atoms with Crippen LogP contribution in [0.15, 0.2) is 89.8 Å². The van der Waals surface area contributed by atoms with Gasteiger partial charge in [0, 0.05) is 12.2 Å². The number of nitrogens with one attached hydrogen (secondary N) is 1. The van der Waals surface area contributed by atoms with E-state index >= 15 is 0 Å². The fourth-order valence-electron chi connectivity index (χ4n) is 3.57. The van der Waals surface area contributed by atoms with Crippen molar-refractivity contribution in [2.45, 2.75) is 25.3 Å². The number of imidazole rings is 1. The van der Waals surface area contributed by atoms with Crippen LogP contribution >= 0.6 is 0 Å². The Kier molecular flexibility index (Phi) is 5.16. The van der Waals surface area contributed by atoms with Crippen molar-refractivity contribution in [3.05, 3.63) is 90.6 Å². The third-order valence-corrected chi connectivity index (χ3v) is 5.36. The van der Waals surface area contributed by atoms with E-state index < -0.39 is 0 Å². The van der Waals surface area contributed by atoms with Gasteiger partial charge in [0.25, 0.3) is 0 Å². The lowest BCUT2D eigenvalue weighted by Gasteiger charge is -2.32. The average molecular weight is 403 g/mol. The second-order valence-corrected chi connectivity index (χ2v) is 7.29. The number of allylic oxidation sites excluding steroid dienone is 2. The average Bonchev–Trinajstić information content (AvgIpc) is 3.07. The summed E-state index contributed by atoms with van der Waals surface area (Å²) in [6.07, 6.45) is 9.62. The molecule has 1 aliphatic heterocycles. The Labute approximate surface area is 175 Å². The van der Waals surface area contributed by atoms with E-state index in [0.29, 0.717) is 34.7 Å². The summed E-state index contributed by atoms with van der Waals surface area (Å²) in [4.78, 5) is 9.63. The monoisotopic (exact) mass is 402 g/mol. The molecular formula is C22H26N8. The van der Waals surface area contributed by atoms with Crippen LogP contribution in [0.2, 0.25) is 0 Å². The van der Waals surface area contributed by atoms with Crippen LogP contribution in [0.5, 0.6) is 0 Å². The molecule has 1 aromatic heterocycles. The van der Waals surface area contributed by atoms with E-state index in [4.69, 9.17) is 27.3 Å². The van der Waals surface area contributed by atoms with E-state index in [1.165, 1.54) is 23.8 Å². The molecule has 7 N–H and O–H groups in total. The van der Waals surface area contributed by atoms with Crippen LogP contribution in [0.3, 0.4) is 0 Å². The Morgan fingerprint density at radius 3 is 2.67 bits per heavy atom. The minimum Gasteiger partial charge on any atom is -0.405 e. The maximum absolute atomic E-state index is 6.34. The summed E-state index contributed by atoms with van der Waals surface area (Å²) in [6, 6.07) is 8.47. The van der Waals surface area contributed by atoms with Crippen LogP contribution in [0.4, 0.5) is 0 Å². The van der Waals surface area contributed by atoms with E-state index in [0.717, 1.165) is 29.7 Å². The molecule has 1 fully saturated rings. The van der Waals surface area contributed by atoms with E-state index in [1.54, 1.807) is 12.2 Å². The molecule has 30 heavy (non-hydrogen) atoms. The lowest BCUT2D eigenvalue weighted by molar-refractivity contribution is 0.317. The minimum atomic E-state index is 0.383. The molecule has 0 unspecified atom stereocenters. The van der Waals surface area contributed by atoms with Gasteiger partial charge in [-0.25, -0.2) is 15.8 Å². The van der Waals surface area contributed by atoms with Gasteiger partial charge in [-0.1, -0.05) is 25.3 Å². The molecule has 154 valence electrons. The van der Waals surface area contributed by atoms with E-state index in [9.17, 15) is 0 Å². The number of hydrogen-bond acceptors (Lipinski definition) is 7. The molecule has 1 aromatic carbocycles. The highest BCUT2D eigenvalue weighted by atomic mass is 15.5. The molecule has 1 aliphatic carbocycles. The molecule has 0 atom stereocenters. The quantitative estimate of drug-likeness (QED) is 0.435. The van der Waals surface area contributed by atoms with Crippen LogP contribution < -0.4 is 22.6 Å². The van der Waals surface area contributed by atoms with Gasteiger partial charge in [0.1, 0.15) is 0 Å². The number of amidine groups is 1. The fraction of sp³-hybridized carbons (Fsp3) is 0.182. The third-order valence-electron chi connectivity index (χ3n) is 5.36. The largest absolute Gasteiger partial charge is 0.405 e. The Morgan fingerprint density at radius 1 is 1.23 bits per heavy atom. The number of hydrogen-bond donors (Lipinski definition) is 4. The fourth-order valence-corrected chi connectivity index (χ4v) is 3.57. The highest BCUT2D eigenvalue weighted by molar-refractivity contribution is 6.01. The van der Waals surface area contributed by atoms with Gasteiger partial charge in [0.15, 0.2) is 11.7 Å². The molecule has 8 heteroatoms. The van der Waals surface area contributed by atoms with Crippen molar-refractivity contribution in [3.8, 4) is 0 Å². The van der Waals surface area contributed by atoms with E-state index in [1.807, 2.05) is 18.2 Å². The van der Waals surface area contributed by atoms with Gasteiger partial charge in [0.05, 0.1) is 33.8 Å². The molecule has 2 aliphatic rings. The molecule has 0 amide bonds. The first kappa shape index (κ1) is 19.5. The summed E-state index contributed by atoms with van der Waals surface area (Å²) in [6.45, 7) is 8.14. The molecule has 0 bridgehead atoms. The first-order chi connectivity index (χ1) is 14.5. The SMILES string of the molecule is C=C(NC(/C=C\N)=C/N)C1=CC(=C)N(N)C(c2nc3ccccc3n2C2CCC2)=N1. The number of benzene rings is 1. The molecule has 4 rings (SSSR count). The Balaban J connectivity index is 1.77. The predicted octanol–water partition coefficient (Wildman–Crippen LogP) is 2.47. The summed E-state index contributed by atoms with van der Waals surface area (Å²) in [5.41, 5.74) is 15.4. The first-order valence-corrected chi connectivity index (χ1v) is 9.81. The number of fused-ring (bicyclic) bond motifs is 1. The molecular weight excluding hydrogens is 376 g/mol. The lowest BCUT2D eigenvalue weighted by Crippen LogP contribution is -2.41. The van der Waals surface area contributed by atoms with Crippen molar-refractivity contribution in [3.63, 3.8) is 0 Å². The van der Waals surface area contributed by atoms with Gasteiger partial charge in [-0.3, -0.25) is 5.01 Å². The molecule has 0 spiro atoms. The maximum atomic E-state index is 6.34. The second-order valence-electron chi connectivity index (χ2n) is 7.29. The maximum Gasteiger partial charge on any atom is 0.191 e. The van der Waals surface area contributed by atoms with Crippen LogP contribution in [0.1, 0.15) is 31.1 Å². The smallest absolute Gasteiger partial charge is 0.191 e. The molecule has 0 saturated heterocycles. The molecule has 2 heterocycles. The Bertz CT molecular complexity index is 1130. The van der Waals surface area contributed by atoms with Crippen molar-refractivity contribution in [2.75, 3.05) is 0 Å². The van der Waals surface area contributed by atoms with Crippen LogP contribution in [0.25, 0.3) is 11.0 Å². The van der Waals surface area contributed by atoms with Gasteiger partial charge < -0.3 is 21.4 Å². The second kappa shape index (κ2) is 7.92. The first-order valence-electron chi connectivity index (χ1n) is 9.81. The zero-order chi connectivity index (χ0) is 21.3.